The van der Waals surface area contributed by atoms with E-state index in [9.17, 15) is 8.42 Å². The van der Waals surface area contributed by atoms with Gasteiger partial charge in [-0.2, -0.15) is 0 Å². The fourth-order valence-corrected chi connectivity index (χ4v) is 2.48. The Bertz CT molecular complexity index is 406. The van der Waals surface area contributed by atoms with E-state index in [1.165, 1.54) is 0 Å². The van der Waals surface area contributed by atoms with Crippen LogP contribution in [0, 0.1) is 0 Å². The number of nitrogens with one attached hydrogen (secondary N) is 2. The highest BCUT2D eigenvalue weighted by Gasteiger charge is 2.08. The number of sulfonamides is 1. The molecule has 1 aromatic rings. The molecule has 0 unspecified atom stereocenters. The maximum absolute atomic E-state index is 11.6. The highest BCUT2D eigenvalue weighted by atomic mass is 32.2. The second kappa shape index (κ2) is 7.37. The molecule has 1 rings (SSSR count). The van der Waals surface area contributed by atoms with Crippen LogP contribution in [0.25, 0.3) is 0 Å². The number of pyridine rings is 1. The molecule has 6 heteroatoms. The number of hydrogen-bond donors (Lipinski definition) is 2. The fourth-order valence-electron chi connectivity index (χ4n) is 1.36. The van der Waals surface area contributed by atoms with Gasteiger partial charge in [-0.3, -0.25) is 4.98 Å². The van der Waals surface area contributed by atoms with E-state index in [2.05, 4.69) is 15.0 Å². The highest BCUT2D eigenvalue weighted by molar-refractivity contribution is 7.89. The summed E-state index contributed by atoms with van der Waals surface area (Å²) in [6.45, 7) is 1.15. The maximum Gasteiger partial charge on any atom is 0.211 e. The quantitative estimate of drug-likeness (QED) is 0.665. The molecule has 96 valence electrons. The molecule has 0 fully saturated rings. The van der Waals surface area contributed by atoms with Gasteiger partial charge in [0.15, 0.2) is 0 Å². The molecule has 17 heavy (non-hydrogen) atoms. The van der Waals surface area contributed by atoms with Crippen LogP contribution in [0.3, 0.4) is 0 Å². The van der Waals surface area contributed by atoms with Gasteiger partial charge in [-0.15, -0.1) is 0 Å². The van der Waals surface area contributed by atoms with Gasteiger partial charge in [0, 0.05) is 18.9 Å². The minimum absolute atomic E-state index is 0.176. The summed E-state index contributed by atoms with van der Waals surface area (Å²) in [6.07, 6.45) is 4.85. The summed E-state index contributed by atoms with van der Waals surface area (Å²) in [5.74, 6) is 0.176. The molecule has 0 saturated carbocycles. The van der Waals surface area contributed by atoms with Crippen LogP contribution in [0.4, 0.5) is 0 Å². The molecule has 0 bridgehead atoms. The van der Waals surface area contributed by atoms with E-state index in [1.54, 1.807) is 18.5 Å². The zero-order valence-electron chi connectivity index (χ0n) is 10.0. The zero-order valence-corrected chi connectivity index (χ0v) is 10.8. The Balaban J connectivity index is 2.30. The van der Waals surface area contributed by atoms with Crippen molar-refractivity contribution in [2.75, 3.05) is 19.3 Å². The van der Waals surface area contributed by atoms with Crippen molar-refractivity contribution < 1.29 is 8.42 Å². The average molecular weight is 257 g/mol. The van der Waals surface area contributed by atoms with E-state index >= 15 is 0 Å². The van der Waals surface area contributed by atoms with Gasteiger partial charge in [-0.25, -0.2) is 13.1 Å². The minimum Gasteiger partial charge on any atom is -0.320 e. The van der Waals surface area contributed by atoms with Crippen LogP contribution in [0.1, 0.15) is 18.4 Å². The summed E-state index contributed by atoms with van der Waals surface area (Å²) < 4.78 is 25.8. The summed E-state index contributed by atoms with van der Waals surface area (Å²) in [7, 11) is -1.31. The van der Waals surface area contributed by atoms with E-state index in [1.807, 2.05) is 13.1 Å². The lowest BCUT2D eigenvalue weighted by Crippen LogP contribution is -2.26. The van der Waals surface area contributed by atoms with Gasteiger partial charge in [0.1, 0.15) is 0 Å². The van der Waals surface area contributed by atoms with Crippen LogP contribution in [0.5, 0.6) is 0 Å². The van der Waals surface area contributed by atoms with E-state index < -0.39 is 10.0 Å². The van der Waals surface area contributed by atoms with Crippen molar-refractivity contribution in [3.63, 3.8) is 0 Å². The topological polar surface area (TPSA) is 71.1 Å². The average Bonchev–Trinajstić information content (AvgIpc) is 2.34. The van der Waals surface area contributed by atoms with Gasteiger partial charge in [0.2, 0.25) is 10.0 Å². The first-order valence-corrected chi connectivity index (χ1v) is 7.30. The molecule has 1 aromatic heterocycles. The second-order valence-electron chi connectivity index (χ2n) is 3.81. The summed E-state index contributed by atoms with van der Waals surface area (Å²) >= 11 is 0. The predicted molar refractivity (Wildman–Crippen MR) is 68.0 cm³/mol. The molecule has 5 nitrogen and oxygen atoms in total. The number of rotatable bonds is 8. The van der Waals surface area contributed by atoms with Gasteiger partial charge in [-0.05, 0) is 38.1 Å². The minimum atomic E-state index is -3.17. The highest BCUT2D eigenvalue weighted by Crippen LogP contribution is 1.98. The summed E-state index contributed by atoms with van der Waals surface area (Å²) in [6, 6.07) is 3.63. The van der Waals surface area contributed by atoms with Crippen molar-refractivity contribution in [2.24, 2.45) is 0 Å². The lowest BCUT2D eigenvalue weighted by Gasteiger charge is -2.06. The van der Waals surface area contributed by atoms with Crippen LogP contribution in [-0.4, -0.2) is 32.7 Å². The number of unbranched alkanes of at least 4 members (excludes halogenated alkanes) is 1. The van der Waals surface area contributed by atoms with Crippen molar-refractivity contribution in [1.82, 2.24) is 15.0 Å². The Morgan fingerprint density at radius 3 is 2.82 bits per heavy atom. The van der Waals surface area contributed by atoms with Crippen molar-refractivity contribution in [1.29, 1.82) is 0 Å². The summed E-state index contributed by atoms with van der Waals surface area (Å²) in [4.78, 5) is 3.93. The Morgan fingerprint density at radius 1 is 1.35 bits per heavy atom. The number of hydrogen-bond acceptors (Lipinski definition) is 4. The standard InChI is InChI=1S/C11H19N3O2S/c1-12-6-2-3-8-17(15,16)14-10-11-5-4-7-13-9-11/h4-5,7,9,12,14H,2-3,6,8,10H2,1H3. The third-order valence-electron chi connectivity index (χ3n) is 2.31. The SMILES string of the molecule is CNCCCCS(=O)(=O)NCc1cccnc1. The molecule has 0 aliphatic rings. The molecule has 0 aromatic carbocycles. The third kappa shape index (κ3) is 6.35. The van der Waals surface area contributed by atoms with E-state index in [-0.39, 0.29) is 5.75 Å². The van der Waals surface area contributed by atoms with Gasteiger partial charge in [0.05, 0.1) is 5.75 Å². The second-order valence-corrected chi connectivity index (χ2v) is 5.74. The van der Waals surface area contributed by atoms with Gasteiger partial charge in [0.25, 0.3) is 0 Å². The van der Waals surface area contributed by atoms with E-state index in [0.29, 0.717) is 13.0 Å². The van der Waals surface area contributed by atoms with Crippen molar-refractivity contribution in [3.05, 3.63) is 30.1 Å². The lowest BCUT2D eigenvalue weighted by atomic mass is 10.3. The van der Waals surface area contributed by atoms with Crippen LogP contribution in [-0.2, 0) is 16.6 Å². The Labute approximate surface area is 103 Å². The van der Waals surface area contributed by atoms with Crippen molar-refractivity contribution >= 4 is 10.0 Å². The van der Waals surface area contributed by atoms with Crippen LogP contribution < -0.4 is 10.0 Å². The molecule has 0 saturated heterocycles. The van der Waals surface area contributed by atoms with Crippen molar-refractivity contribution in [3.8, 4) is 0 Å². The molecular formula is C11H19N3O2S. The smallest absolute Gasteiger partial charge is 0.211 e. The Kier molecular flexibility index (Phi) is 6.10. The Morgan fingerprint density at radius 2 is 2.18 bits per heavy atom. The molecule has 0 spiro atoms. The molecule has 1 heterocycles. The first kappa shape index (κ1) is 14.1. The van der Waals surface area contributed by atoms with Crippen LogP contribution in [0.2, 0.25) is 0 Å². The fraction of sp³-hybridized carbons (Fsp3) is 0.545. The molecule has 2 N–H and O–H groups in total. The van der Waals surface area contributed by atoms with E-state index in [4.69, 9.17) is 0 Å². The van der Waals surface area contributed by atoms with Gasteiger partial charge < -0.3 is 5.32 Å². The summed E-state index contributed by atoms with van der Waals surface area (Å²) in [5, 5.41) is 2.99. The van der Waals surface area contributed by atoms with E-state index in [0.717, 1.165) is 18.5 Å². The monoisotopic (exact) mass is 257 g/mol. The molecular weight excluding hydrogens is 238 g/mol. The third-order valence-corrected chi connectivity index (χ3v) is 3.72. The van der Waals surface area contributed by atoms with Crippen molar-refractivity contribution in [2.45, 2.75) is 19.4 Å². The predicted octanol–water partition coefficient (Wildman–Crippen LogP) is 0.501. The van der Waals surface area contributed by atoms with Crippen LogP contribution in [0.15, 0.2) is 24.5 Å². The molecule has 0 amide bonds. The number of nitrogens with zero attached hydrogens (tertiary/aromatic N) is 1. The van der Waals surface area contributed by atoms with Gasteiger partial charge in [-0.1, -0.05) is 6.07 Å². The molecule has 0 radical (unpaired) electrons. The molecule has 0 atom stereocenters. The lowest BCUT2D eigenvalue weighted by molar-refractivity contribution is 0.575. The summed E-state index contributed by atoms with van der Waals surface area (Å²) in [5.41, 5.74) is 0.867. The number of aromatic nitrogens is 1. The maximum atomic E-state index is 11.6. The zero-order chi connectivity index (χ0) is 12.6. The normalized spacial score (nSPS) is 11.6. The van der Waals surface area contributed by atoms with Gasteiger partial charge >= 0.3 is 0 Å². The largest absolute Gasteiger partial charge is 0.320 e. The van der Waals surface area contributed by atoms with Crippen LogP contribution >= 0.6 is 0 Å². The molecule has 0 aliphatic carbocycles. The Hall–Kier alpha value is -0.980. The first-order valence-electron chi connectivity index (χ1n) is 5.65. The molecule has 0 aliphatic heterocycles. The first-order chi connectivity index (χ1) is 8.14.